The monoisotopic (exact) mass is 345 g/mol. The number of carbonyl (C=O) groups is 1. The predicted molar refractivity (Wildman–Crippen MR) is 95.1 cm³/mol. The molecular weight excluding hydrogens is 317 g/mol. The van der Waals surface area contributed by atoms with Gasteiger partial charge in [-0.25, -0.2) is 0 Å². The third kappa shape index (κ3) is 3.10. The summed E-state index contributed by atoms with van der Waals surface area (Å²) in [4.78, 5) is 15.2. The molecule has 2 bridgehead atoms. The van der Waals surface area contributed by atoms with Crippen molar-refractivity contribution >= 4 is 5.97 Å². The minimum absolute atomic E-state index is 0.0845. The normalized spacial score (nSPS) is 37.1. The van der Waals surface area contributed by atoms with E-state index < -0.39 is 0 Å². The van der Waals surface area contributed by atoms with Gasteiger partial charge in [0.1, 0.15) is 0 Å². The van der Waals surface area contributed by atoms with Gasteiger partial charge in [-0.2, -0.15) is 0 Å². The molecule has 0 N–H and O–H groups in total. The highest BCUT2D eigenvalue weighted by Crippen LogP contribution is 2.50. The summed E-state index contributed by atoms with van der Waals surface area (Å²) >= 11 is 0. The fourth-order valence-corrected chi connectivity index (χ4v) is 5.21. The van der Waals surface area contributed by atoms with Crippen molar-refractivity contribution in [3.63, 3.8) is 0 Å². The van der Waals surface area contributed by atoms with Gasteiger partial charge in [0.2, 0.25) is 0 Å². The molecule has 25 heavy (non-hydrogen) atoms. The highest BCUT2D eigenvalue weighted by atomic mass is 19.1. The van der Waals surface area contributed by atoms with Crippen molar-refractivity contribution < 1.29 is 13.9 Å². The molecule has 1 aromatic rings. The van der Waals surface area contributed by atoms with E-state index in [-0.39, 0.29) is 36.4 Å². The predicted octanol–water partition coefficient (Wildman–Crippen LogP) is 3.71. The van der Waals surface area contributed by atoms with Crippen LogP contribution in [0.5, 0.6) is 0 Å². The highest BCUT2D eigenvalue weighted by Gasteiger charge is 2.52. The molecule has 1 aliphatic carbocycles. The zero-order valence-electron chi connectivity index (χ0n) is 15.2. The van der Waals surface area contributed by atoms with E-state index in [1.807, 2.05) is 0 Å². The molecule has 0 amide bonds. The third-order valence-electron chi connectivity index (χ3n) is 6.76. The minimum Gasteiger partial charge on any atom is -0.469 e. The molecule has 0 spiro atoms. The van der Waals surface area contributed by atoms with Crippen LogP contribution in [0.25, 0.3) is 0 Å². The maximum Gasteiger partial charge on any atom is 0.310 e. The van der Waals surface area contributed by atoms with Gasteiger partial charge in [-0.1, -0.05) is 29.8 Å². The summed E-state index contributed by atoms with van der Waals surface area (Å²) in [5, 5.41) is 0. The van der Waals surface area contributed by atoms with Crippen molar-refractivity contribution in [1.29, 1.82) is 0 Å². The number of benzene rings is 1. The topological polar surface area (TPSA) is 29.5 Å². The van der Waals surface area contributed by atoms with Crippen LogP contribution in [0.2, 0.25) is 0 Å². The Morgan fingerprint density at radius 3 is 2.60 bits per heavy atom. The van der Waals surface area contributed by atoms with Crippen molar-refractivity contribution in [3.8, 4) is 0 Å². The molecule has 0 unspecified atom stereocenters. The molecule has 3 fully saturated rings. The third-order valence-corrected chi connectivity index (χ3v) is 6.76. The van der Waals surface area contributed by atoms with E-state index in [0.29, 0.717) is 12.0 Å². The number of piperidine rings is 1. The van der Waals surface area contributed by atoms with Crippen molar-refractivity contribution in [2.24, 2.45) is 17.8 Å². The smallest absolute Gasteiger partial charge is 0.310 e. The van der Waals surface area contributed by atoms with Gasteiger partial charge in [0.15, 0.2) is 0 Å². The van der Waals surface area contributed by atoms with Crippen molar-refractivity contribution in [2.45, 2.75) is 50.6 Å². The molecule has 1 aromatic carbocycles. The summed E-state index contributed by atoms with van der Waals surface area (Å²) in [5.41, 5.74) is 2.50. The number of aryl methyl sites for hydroxylation is 1. The summed E-state index contributed by atoms with van der Waals surface area (Å²) in [6.07, 6.45) is 4.22. The van der Waals surface area contributed by atoms with Crippen LogP contribution in [0.1, 0.15) is 42.7 Å². The summed E-state index contributed by atoms with van der Waals surface area (Å²) in [6.45, 7) is 2.85. The molecule has 4 heteroatoms. The molecular formula is C21H28FNO2. The quantitative estimate of drug-likeness (QED) is 0.762. The second-order valence-corrected chi connectivity index (χ2v) is 8.21. The number of hydrogen-bond donors (Lipinski definition) is 0. The lowest BCUT2D eigenvalue weighted by Gasteiger charge is -2.44. The van der Waals surface area contributed by atoms with Gasteiger partial charge in [-0.15, -0.1) is 0 Å². The van der Waals surface area contributed by atoms with Crippen LogP contribution in [-0.4, -0.2) is 43.3 Å². The van der Waals surface area contributed by atoms with Crippen molar-refractivity contribution in [2.75, 3.05) is 20.3 Å². The molecule has 3 aliphatic rings. The number of hydrogen-bond acceptors (Lipinski definition) is 3. The number of ether oxygens (including phenoxy) is 1. The van der Waals surface area contributed by atoms with Crippen LogP contribution in [0, 0.1) is 24.7 Å². The lowest BCUT2D eigenvalue weighted by molar-refractivity contribution is -0.150. The van der Waals surface area contributed by atoms with Gasteiger partial charge in [-0.3, -0.25) is 14.1 Å². The Labute approximate surface area is 149 Å². The molecule has 4 rings (SSSR count). The van der Waals surface area contributed by atoms with E-state index in [0.717, 1.165) is 32.2 Å². The second-order valence-electron chi connectivity index (χ2n) is 8.21. The Hall–Kier alpha value is -1.42. The Morgan fingerprint density at radius 1 is 1.20 bits per heavy atom. The number of nitrogens with zero attached hydrogens (tertiary/aromatic N) is 1. The van der Waals surface area contributed by atoms with E-state index in [9.17, 15) is 9.18 Å². The fraction of sp³-hybridized carbons (Fsp3) is 0.667. The second kappa shape index (κ2) is 6.71. The van der Waals surface area contributed by atoms with Crippen molar-refractivity contribution in [1.82, 2.24) is 4.90 Å². The standard InChI is InChI=1S/C21H28FNO2/c1-13-3-5-14(6-4-13)18-10-17-7-8-19(20(18)21(24)25-2)23(17)12-16-9-15(16)11-22/h3-6,15-20H,7-12H2,1-2H3/t15-,16-,17-,18+,19+,20-/m0/s1. The number of halogens is 1. The van der Waals surface area contributed by atoms with Gasteiger partial charge in [0.25, 0.3) is 0 Å². The first kappa shape index (κ1) is 17.0. The zero-order chi connectivity index (χ0) is 17.6. The van der Waals surface area contributed by atoms with Crippen LogP contribution >= 0.6 is 0 Å². The first-order valence-corrected chi connectivity index (χ1v) is 9.58. The van der Waals surface area contributed by atoms with Gasteiger partial charge in [0.05, 0.1) is 19.7 Å². The van der Waals surface area contributed by atoms with E-state index in [4.69, 9.17) is 4.74 Å². The van der Waals surface area contributed by atoms with Gasteiger partial charge in [0, 0.05) is 24.5 Å². The van der Waals surface area contributed by atoms with E-state index in [1.165, 1.54) is 18.2 Å². The first-order chi connectivity index (χ1) is 12.1. The molecule has 6 atom stereocenters. The molecule has 2 heterocycles. The van der Waals surface area contributed by atoms with E-state index in [1.54, 1.807) is 0 Å². The lowest BCUT2D eigenvalue weighted by Crippen LogP contribution is -2.51. The molecule has 0 radical (unpaired) electrons. The lowest BCUT2D eigenvalue weighted by atomic mass is 9.75. The summed E-state index contributed by atoms with van der Waals surface area (Å²) in [5.74, 6) is 0.791. The van der Waals surface area contributed by atoms with Crippen LogP contribution in [0.3, 0.4) is 0 Å². The van der Waals surface area contributed by atoms with Crippen LogP contribution in [0.15, 0.2) is 24.3 Å². The summed E-state index contributed by atoms with van der Waals surface area (Å²) < 4.78 is 18.1. The molecule has 0 aromatic heterocycles. The van der Waals surface area contributed by atoms with Crippen molar-refractivity contribution in [3.05, 3.63) is 35.4 Å². The summed E-state index contributed by atoms with van der Waals surface area (Å²) in [6, 6.07) is 9.38. The number of carbonyl (C=O) groups excluding carboxylic acids is 1. The maximum absolute atomic E-state index is 12.9. The molecule has 2 aliphatic heterocycles. The highest BCUT2D eigenvalue weighted by molar-refractivity contribution is 5.75. The number of rotatable bonds is 5. The SMILES string of the molecule is COC(=O)[C@H]1[C@@H](c2ccc(C)cc2)C[C@@H]2CC[C@H]1N2C[C@@H]1C[C@H]1CF. The number of alkyl halides is 1. The van der Waals surface area contributed by atoms with Crippen LogP contribution in [0.4, 0.5) is 4.39 Å². The number of fused-ring (bicyclic) bond motifs is 2. The molecule has 2 saturated heterocycles. The average molecular weight is 345 g/mol. The fourth-order valence-electron chi connectivity index (χ4n) is 5.21. The Morgan fingerprint density at radius 2 is 1.96 bits per heavy atom. The van der Waals surface area contributed by atoms with Gasteiger partial charge in [-0.05, 0) is 50.0 Å². The Bertz CT molecular complexity index is 631. The maximum atomic E-state index is 12.9. The number of methoxy groups -OCH3 is 1. The van der Waals surface area contributed by atoms with E-state index >= 15 is 0 Å². The number of esters is 1. The van der Waals surface area contributed by atoms with Gasteiger partial charge < -0.3 is 4.74 Å². The van der Waals surface area contributed by atoms with Crippen LogP contribution in [-0.2, 0) is 9.53 Å². The largest absolute Gasteiger partial charge is 0.469 e. The minimum atomic E-state index is -0.194. The summed E-state index contributed by atoms with van der Waals surface area (Å²) in [7, 11) is 1.50. The average Bonchev–Trinajstić information content (AvgIpc) is 3.32. The molecule has 1 saturated carbocycles. The molecule has 3 nitrogen and oxygen atoms in total. The first-order valence-electron chi connectivity index (χ1n) is 9.58. The van der Waals surface area contributed by atoms with Gasteiger partial charge >= 0.3 is 5.97 Å². The Balaban J connectivity index is 1.58. The zero-order valence-corrected chi connectivity index (χ0v) is 15.2. The van der Waals surface area contributed by atoms with E-state index in [2.05, 4.69) is 36.1 Å². The Kier molecular flexibility index (Phi) is 4.57. The molecule has 136 valence electrons. The van der Waals surface area contributed by atoms with Crippen LogP contribution < -0.4 is 0 Å².